The number of thiophene rings is 1. The van der Waals surface area contributed by atoms with Gasteiger partial charge < -0.3 is 9.64 Å². The Morgan fingerprint density at radius 1 is 1.27 bits per heavy atom. The van der Waals surface area contributed by atoms with E-state index in [0.29, 0.717) is 0 Å². The van der Waals surface area contributed by atoms with Gasteiger partial charge in [-0.2, -0.15) is 11.3 Å². The van der Waals surface area contributed by atoms with Crippen LogP contribution in [0.3, 0.4) is 0 Å². The van der Waals surface area contributed by atoms with E-state index in [2.05, 4.69) is 46.7 Å². The summed E-state index contributed by atoms with van der Waals surface area (Å²) in [6.07, 6.45) is 7.83. The van der Waals surface area contributed by atoms with Crippen LogP contribution in [0.5, 0.6) is 0 Å². The summed E-state index contributed by atoms with van der Waals surface area (Å²) in [6.45, 7) is 3.10. The molecule has 0 radical (unpaired) electrons. The third-order valence-electron chi connectivity index (χ3n) is 5.99. The molecule has 1 fully saturated rings. The third-order valence-corrected chi connectivity index (χ3v) is 6.69. The van der Waals surface area contributed by atoms with Crippen molar-refractivity contribution in [2.24, 2.45) is 0 Å². The highest BCUT2D eigenvalue weighted by molar-refractivity contribution is 7.08. The van der Waals surface area contributed by atoms with E-state index in [4.69, 9.17) is 4.74 Å². The first-order valence-electron chi connectivity index (χ1n) is 9.33. The van der Waals surface area contributed by atoms with Crippen LogP contribution in [0.15, 0.2) is 47.2 Å². The highest BCUT2D eigenvalue weighted by Gasteiger charge is 2.37. The van der Waals surface area contributed by atoms with Crippen LogP contribution in [0.2, 0.25) is 0 Å². The van der Waals surface area contributed by atoms with E-state index >= 15 is 0 Å². The molecular formula is C22H25NO2S. The summed E-state index contributed by atoms with van der Waals surface area (Å²) in [5.74, 6) is -0.265. The number of hydrogen-bond acceptors (Lipinski definition) is 4. The van der Waals surface area contributed by atoms with E-state index in [0.717, 1.165) is 44.5 Å². The lowest BCUT2D eigenvalue weighted by atomic mass is 9.74. The number of benzene rings is 1. The lowest BCUT2D eigenvalue weighted by molar-refractivity contribution is -0.142. The number of ether oxygens (including phenoxy) is 1. The molecule has 1 spiro atoms. The molecule has 1 aliphatic heterocycles. The van der Waals surface area contributed by atoms with Crippen molar-refractivity contribution in [2.45, 2.75) is 30.6 Å². The van der Waals surface area contributed by atoms with Crippen LogP contribution in [0.4, 0.5) is 0 Å². The van der Waals surface area contributed by atoms with Crippen molar-refractivity contribution in [3.63, 3.8) is 0 Å². The summed E-state index contributed by atoms with van der Waals surface area (Å²) in [5, 5.41) is 4.09. The number of rotatable bonds is 5. The second kappa shape index (κ2) is 7.37. The van der Waals surface area contributed by atoms with Gasteiger partial charge >= 0.3 is 5.97 Å². The predicted molar refractivity (Wildman–Crippen MR) is 107 cm³/mol. The Kier molecular flexibility index (Phi) is 4.96. The highest BCUT2D eigenvalue weighted by atomic mass is 32.1. The SMILES string of the molecule is COC(=O)[C@@H](CCN1CCC2(C=Cc3ccccc32)CC1)c1ccsc1. The van der Waals surface area contributed by atoms with Gasteiger partial charge in [-0.05, 0) is 72.4 Å². The van der Waals surface area contributed by atoms with Gasteiger partial charge in [-0.3, -0.25) is 4.79 Å². The Morgan fingerprint density at radius 3 is 2.81 bits per heavy atom. The van der Waals surface area contributed by atoms with Gasteiger partial charge in [0.25, 0.3) is 0 Å². The topological polar surface area (TPSA) is 29.5 Å². The molecule has 136 valence electrons. The molecule has 4 rings (SSSR count). The van der Waals surface area contributed by atoms with Gasteiger partial charge in [-0.15, -0.1) is 0 Å². The van der Waals surface area contributed by atoms with Crippen LogP contribution >= 0.6 is 11.3 Å². The molecule has 1 saturated heterocycles. The maximum Gasteiger partial charge on any atom is 0.313 e. The van der Waals surface area contributed by atoms with Gasteiger partial charge in [0.05, 0.1) is 13.0 Å². The zero-order valence-electron chi connectivity index (χ0n) is 15.2. The number of methoxy groups -OCH3 is 1. The summed E-state index contributed by atoms with van der Waals surface area (Å²) in [6, 6.07) is 10.8. The Bertz CT molecular complexity index is 788. The molecule has 3 nitrogen and oxygen atoms in total. The Morgan fingerprint density at radius 2 is 2.08 bits per heavy atom. The number of esters is 1. The second-order valence-corrected chi connectivity index (χ2v) is 8.12. The number of fused-ring (bicyclic) bond motifs is 2. The fourth-order valence-electron chi connectivity index (χ4n) is 4.39. The van der Waals surface area contributed by atoms with Gasteiger partial charge in [-0.1, -0.05) is 36.4 Å². The fourth-order valence-corrected chi connectivity index (χ4v) is 5.11. The molecule has 0 amide bonds. The molecule has 1 aromatic heterocycles. The Hall–Kier alpha value is -1.91. The molecule has 4 heteroatoms. The van der Waals surface area contributed by atoms with Crippen molar-refractivity contribution in [1.82, 2.24) is 4.90 Å². The quantitative estimate of drug-likeness (QED) is 0.731. The van der Waals surface area contributed by atoms with Gasteiger partial charge in [0.1, 0.15) is 0 Å². The molecule has 2 aromatic rings. The Labute approximate surface area is 159 Å². The molecule has 0 unspecified atom stereocenters. The summed E-state index contributed by atoms with van der Waals surface area (Å²) in [5.41, 5.74) is 4.18. The van der Waals surface area contributed by atoms with Gasteiger partial charge in [-0.25, -0.2) is 0 Å². The minimum Gasteiger partial charge on any atom is -0.469 e. The molecule has 2 heterocycles. The van der Waals surface area contributed by atoms with Crippen molar-refractivity contribution >= 4 is 23.4 Å². The lowest BCUT2D eigenvalue weighted by Crippen LogP contribution is -2.41. The van der Waals surface area contributed by atoms with Crippen molar-refractivity contribution in [1.29, 1.82) is 0 Å². The summed E-state index contributed by atoms with van der Waals surface area (Å²) >= 11 is 1.63. The average molecular weight is 368 g/mol. The summed E-state index contributed by atoms with van der Waals surface area (Å²) in [7, 11) is 1.48. The maximum absolute atomic E-state index is 12.2. The Balaban J connectivity index is 1.37. The number of hydrogen-bond donors (Lipinski definition) is 0. The first-order valence-corrected chi connectivity index (χ1v) is 10.3. The van der Waals surface area contributed by atoms with Crippen molar-refractivity contribution in [3.05, 3.63) is 63.9 Å². The maximum atomic E-state index is 12.2. The van der Waals surface area contributed by atoms with Crippen LogP contribution in [-0.2, 0) is 14.9 Å². The molecular weight excluding hydrogens is 342 g/mol. The molecule has 0 N–H and O–H groups in total. The van der Waals surface area contributed by atoms with Crippen molar-refractivity contribution < 1.29 is 9.53 Å². The summed E-state index contributed by atoms with van der Waals surface area (Å²) in [4.78, 5) is 14.7. The summed E-state index contributed by atoms with van der Waals surface area (Å²) < 4.78 is 5.03. The van der Waals surface area contributed by atoms with Crippen LogP contribution in [0.25, 0.3) is 6.08 Å². The first kappa shape index (κ1) is 17.5. The minimum absolute atomic E-state index is 0.121. The van der Waals surface area contributed by atoms with E-state index < -0.39 is 0 Å². The molecule has 1 aromatic carbocycles. The number of nitrogens with zero attached hydrogens (tertiary/aromatic N) is 1. The van der Waals surface area contributed by atoms with E-state index in [9.17, 15) is 4.79 Å². The van der Waals surface area contributed by atoms with Crippen molar-refractivity contribution in [3.8, 4) is 0 Å². The number of carbonyl (C=O) groups excluding carboxylic acids is 1. The van der Waals surface area contributed by atoms with Gasteiger partial charge in [0, 0.05) is 5.41 Å². The third kappa shape index (κ3) is 3.24. The number of likely N-dealkylation sites (tertiary alicyclic amines) is 1. The molecule has 1 aliphatic carbocycles. The lowest BCUT2D eigenvalue weighted by Gasteiger charge is -2.39. The normalized spacial score (nSPS) is 19.4. The molecule has 0 saturated carbocycles. The molecule has 2 aliphatic rings. The number of allylic oxidation sites excluding steroid dienone is 1. The largest absolute Gasteiger partial charge is 0.469 e. The van der Waals surface area contributed by atoms with Crippen LogP contribution in [0, 0.1) is 0 Å². The van der Waals surface area contributed by atoms with E-state index in [-0.39, 0.29) is 17.3 Å². The van der Waals surface area contributed by atoms with E-state index in [1.54, 1.807) is 11.3 Å². The molecule has 0 bridgehead atoms. The second-order valence-electron chi connectivity index (χ2n) is 7.34. The van der Waals surface area contributed by atoms with E-state index in [1.165, 1.54) is 18.2 Å². The average Bonchev–Trinajstić information content (AvgIpc) is 3.33. The fraction of sp³-hybridized carbons (Fsp3) is 0.409. The predicted octanol–water partition coefficient (Wildman–Crippen LogP) is 4.46. The first-order chi connectivity index (χ1) is 12.7. The standard InChI is InChI=1S/C22H25NO2S/c1-25-21(24)19(18-8-15-26-16-18)7-12-23-13-10-22(11-14-23)9-6-17-4-2-3-5-20(17)22/h2-6,8-9,15-16,19H,7,10-14H2,1H3/t19-/m0/s1. The van der Waals surface area contributed by atoms with Crippen LogP contribution < -0.4 is 0 Å². The van der Waals surface area contributed by atoms with Gasteiger partial charge in [0.2, 0.25) is 0 Å². The number of carbonyl (C=O) groups is 1. The minimum atomic E-state index is -0.144. The number of piperidine rings is 1. The smallest absolute Gasteiger partial charge is 0.313 e. The molecule has 26 heavy (non-hydrogen) atoms. The van der Waals surface area contributed by atoms with Crippen LogP contribution in [0.1, 0.15) is 41.9 Å². The zero-order valence-corrected chi connectivity index (χ0v) is 16.0. The van der Waals surface area contributed by atoms with Crippen molar-refractivity contribution in [2.75, 3.05) is 26.7 Å². The van der Waals surface area contributed by atoms with E-state index in [1.807, 2.05) is 11.4 Å². The highest BCUT2D eigenvalue weighted by Crippen LogP contribution is 2.43. The molecule has 1 atom stereocenters. The monoisotopic (exact) mass is 367 g/mol. The van der Waals surface area contributed by atoms with Gasteiger partial charge in [0.15, 0.2) is 0 Å². The zero-order chi connectivity index (χ0) is 18.0. The van der Waals surface area contributed by atoms with Crippen LogP contribution in [-0.4, -0.2) is 37.6 Å².